The fraction of sp³-hybridized carbons (Fsp3) is 0.292. The molecule has 162 valence electrons. The monoisotopic (exact) mass is 449 g/mol. The molecule has 8 heteroatoms. The molecule has 1 aliphatic heterocycles. The highest BCUT2D eigenvalue weighted by Gasteiger charge is 2.29. The van der Waals surface area contributed by atoms with Crippen molar-refractivity contribution in [2.24, 2.45) is 0 Å². The third-order valence-electron chi connectivity index (χ3n) is 5.67. The summed E-state index contributed by atoms with van der Waals surface area (Å²) in [4.78, 5) is 22.8. The molecule has 1 fully saturated rings. The van der Waals surface area contributed by atoms with Crippen LogP contribution in [-0.4, -0.2) is 31.5 Å². The van der Waals surface area contributed by atoms with Crippen molar-refractivity contribution in [2.45, 2.75) is 38.7 Å². The van der Waals surface area contributed by atoms with E-state index in [1.807, 2.05) is 26.0 Å². The molecule has 6 nitrogen and oxygen atoms in total. The molecule has 32 heavy (non-hydrogen) atoms. The summed E-state index contributed by atoms with van der Waals surface area (Å²) >= 11 is 5.96. The highest BCUT2D eigenvalue weighted by atomic mass is 35.5. The minimum Gasteiger partial charge on any atom is -0.373 e. The summed E-state index contributed by atoms with van der Waals surface area (Å²) in [5.41, 5.74) is 4.45. The van der Waals surface area contributed by atoms with Crippen LogP contribution in [0.15, 0.2) is 42.7 Å². The molecule has 0 aliphatic carbocycles. The van der Waals surface area contributed by atoms with Gasteiger partial charge in [0.15, 0.2) is 5.65 Å². The first kappa shape index (κ1) is 20.8. The lowest BCUT2D eigenvalue weighted by Gasteiger charge is -2.29. The summed E-state index contributed by atoms with van der Waals surface area (Å²) in [7, 11) is 0. The molecule has 0 saturated carbocycles. The van der Waals surface area contributed by atoms with Gasteiger partial charge in [-0.25, -0.2) is 24.3 Å². The third kappa shape index (κ3) is 4.06. The van der Waals surface area contributed by atoms with Crippen LogP contribution in [-0.2, 0) is 4.74 Å². The first-order chi connectivity index (χ1) is 15.5. The van der Waals surface area contributed by atoms with Crippen LogP contribution in [0.1, 0.15) is 47.6 Å². The molecular weight excluding hydrogens is 429 g/mol. The van der Waals surface area contributed by atoms with Crippen molar-refractivity contribution in [3.05, 3.63) is 76.3 Å². The number of benzene rings is 1. The van der Waals surface area contributed by atoms with Gasteiger partial charge in [-0.2, -0.15) is 0 Å². The lowest BCUT2D eigenvalue weighted by atomic mass is 9.91. The molecule has 0 amide bonds. The highest BCUT2D eigenvalue weighted by Crippen LogP contribution is 2.38. The second-order valence-electron chi connectivity index (χ2n) is 8.05. The maximum atomic E-state index is 14.8. The summed E-state index contributed by atoms with van der Waals surface area (Å²) in [5, 5.41) is 0.326. The van der Waals surface area contributed by atoms with E-state index in [1.165, 1.54) is 6.07 Å². The van der Waals surface area contributed by atoms with Gasteiger partial charge in [0, 0.05) is 41.2 Å². The van der Waals surface area contributed by atoms with E-state index in [9.17, 15) is 4.39 Å². The number of ether oxygens (including phenoxy) is 1. The predicted octanol–water partition coefficient (Wildman–Crippen LogP) is 5.53. The number of hydrogen-bond donors (Lipinski definition) is 0. The Hall–Kier alpha value is -3.03. The Balaban J connectivity index is 1.59. The molecule has 0 spiro atoms. The maximum Gasteiger partial charge on any atom is 0.182 e. The SMILES string of the molecule is Cc1cc([C@H]2C[C@@H](c3nc(-c4ccc(Cl)cc4F)c4ncc(C)nc4n3)CCO2)ccn1. The fourth-order valence-electron chi connectivity index (χ4n) is 4.09. The number of nitrogens with zero attached hydrogens (tertiary/aromatic N) is 5. The molecule has 0 N–H and O–H groups in total. The van der Waals surface area contributed by atoms with Gasteiger partial charge < -0.3 is 4.74 Å². The van der Waals surface area contributed by atoms with Crippen LogP contribution < -0.4 is 0 Å². The van der Waals surface area contributed by atoms with Crippen molar-refractivity contribution in [3.63, 3.8) is 0 Å². The fourth-order valence-corrected chi connectivity index (χ4v) is 4.25. The lowest BCUT2D eigenvalue weighted by molar-refractivity contribution is 0.00393. The van der Waals surface area contributed by atoms with Gasteiger partial charge in [-0.3, -0.25) is 4.98 Å². The van der Waals surface area contributed by atoms with Gasteiger partial charge in [-0.15, -0.1) is 0 Å². The van der Waals surface area contributed by atoms with Crippen LogP contribution in [0.4, 0.5) is 4.39 Å². The lowest BCUT2D eigenvalue weighted by Crippen LogP contribution is -2.21. The smallest absolute Gasteiger partial charge is 0.182 e. The van der Waals surface area contributed by atoms with Gasteiger partial charge in [-0.1, -0.05) is 11.6 Å². The molecule has 1 aromatic carbocycles. The number of hydrogen-bond acceptors (Lipinski definition) is 6. The van der Waals surface area contributed by atoms with Crippen molar-refractivity contribution in [2.75, 3.05) is 6.61 Å². The van der Waals surface area contributed by atoms with Crippen LogP contribution in [0.25, 0.3) is 22.4 Å². The van der Waals surface area contributed by atoms with E-state index >= 15 is 0 Å². The molecule has 0 bridgehead atoms. The second-order valence-corrected chi connectivity index (χ2v) is 8.49. The van der Waals surface area contributed by atoms with Gasteiger partial charge in [0.2, 0.25) is 0 Å². The number of aryl methyl sites for hydroxylation is 2. The van der Waals surface area contributed by atoms with Crippen LogP contribution in [0.5, 0.6) is 0 Å². The van der Waals surface area contributed by atoms with Gasteiger partial charge >= 0.3 is 0 Å². The molecule has 1 saturated heterocycles. The third-order valence-corrected chi connectivity index (χ3v) is 5.91. The molecule has 5 rings (SSSR count). The summed E-state index contributed by atoms with van der Waals surface area (Å²) in [6.07, 6.45) is 4.85. The molecule has 2 atom stereocenters. The summed E-state index contributed by atoms with van der Waals surface area (Å²) < 4.78 is 20.9. The Kier molecular flexibility index (Phi) is 5.53. The Morgan fingerprint density at radius 1 is 1.03 bits per heavy atom. The standard InChI is InChI=1S/C24H21ClFN5O/c1-13-9-15(5-7-27-13)20-10-16(6-8-32-20)23-30-21(18-4-3-17(25)11-19(18)26)22-24(31-23)29-14(2)12-28-22/h3-5,7,9,11-12,16,20H,6,8,10H2,1-2H3/t16-,20+/m0/s1. The first-order valence-corrected chi connectivity index (χ1v) is 10.9. The average molecular weight is 450 g/mol. The first-order valence-electron chi connectivity index (χ1n) is 10.5. The normalized spacial score (nSPS) is 18.8. The number of aromatic nitrogens is 5. The second kappa shape index (κ2) is 8.48. The van der Waals surface area contributed by atoms with Crippen LogP contribution >= 0.6 is 11.6 Å². The number of halogens is 2. The largest absolute Gasteiger partial charge is 0.373 e. The van der Waals surface area contributed by atoms with Crippen molar-refractivity contribution in [3.8, 4) is 11.3 Å². The highest BCUT2D eigenvalue weighted by molar-refractivity contribution is 6.30. The van der Waals surface area contributed by atoms with Gasteiger partial charge in [-0.05, 0) is 62.6 Å². The van der Waals surface area contributed by atoms with E-state index < -0.39 is 5.82 Å². The Bertz CT molecular complexity index is 1320. The van der Waals surface area contributed by atoms with Gasteiger partial charge in [0.25, 0.3) is 0 Å². The summed E-state index contributed by atoms with van der Waals surface area (Å²) in [6.45, 7) is 4.40. The van der Waals surface area contributed by atoms with Crippen molar-refractivity contribution in [1.29, 1.82) is 0 Å². The zero-order valence-corrected chi connectivity index (χ0v) is 18.5. The zero-order chi connectivity index (χ0) is 22.2. The molecular formula is C24H21ClFN5O. The van der Waals surface area contributed by atoms with Crippen molar-refractivity contribution >= 4 is 22.8 Å². The Labute approximate surface area is 189 Å². The van der Waals surface area contributed by atoms with E-state index in [0.29, 0.717) is 39.9 Å². The number of pyridine rings is 1. The number of fused-ring (bicyclic) bond motifs is 1. The van der Waals surface area contributed by atoms with E-state index in [1.54, 1.807) is 24.5 Å². The van der Waals surface area contributed by atoms with E-state index in [-0.39, 0.29) is 12.0 Å². The van der Waals surface area contributed by atoms with E-state index in [4.69, 9.17) is 26.3 Å². The average Bonchev–Trinajstić information content (AvgIpc) is 2.78. The van der Waals surface area contributed by atoms with E-state index in [2.05, 4.69) is 15.0 Å². The number of rotatable bonds is 3. The van der Waals surface area contributed by atoms with E-state index in [0.717, 1.165) is 29.8 Å². The minimum absolute atomic E-state index is 0.0445. The van der Waals surface area contributed by atoms with Crippen LogP contribution in [0, 0.1) is 19.7 Å². The molecule has 1 aliphatic rings. The van der Waals surface area contributed by atoms with Crippen molar-refractivity contribution in [1.82, 2.24) is 24.9 Å². The Morgan fingerprint density at radius 3 is 2.72 bits per heavy atom. The maximum absolute atomic E-state index is 14.8. The molecule has 0 radical (unpaired) electrons. The van der Waals surface area contributed by atoms with Gasteiger partial charge in [0.05, 0.1) is 11.8 Å². The predicted molar refractivity (Wildman–Crippen MR) is 120 cm³/mol. The molecule has 0 unspecified atom stereocenters. The van der Waals surface area contributed by atoms with Crippen molar-refractivity contribution < 1.29 is 9.13 Å². The van der Waals surface area contributed by atoms with Gasteiger partial charge in [0.1, 0.15) is 22.9 Å². The topological polar surface area (TPSA) is 73.7 Å². The van der Waals surface area contributed by atoms with Crippen LogP contribution in [0.2, 0.25) is 5.02 Å². The molecule has 3 aromatic heterocycles. The zero-order valence-electron chi connectivity index (χ0n) is 17.7. The molecule has 4 aromatic rings. The summed E-state index contributed by atoms with van der Waals surface area (Å²) in [5.74, 6) is 0.215. The summed E-state index contributed by atoms with van der Waals surface area (Å²) in [6, 6.07) is 8.56. The minimum atomic E-state index is -0.456. The molecule has 4 heterocycles. The Morgan fingerprint density at radius 2 is 1.91 bits per heavy atom. The quantitative estimate of drug-likeness (QED) is 0.409. The van der Waals surface area contributed by atoms with Crippen LogP contribution in [0.3, 0.4) is 0 Å².